The van der Waals surface area contributed by atoms with Crippen LogP contribution in [-0.4, -0.2) is 85.7 Å². The quantitative estimate of drug-likeness (QED) is 0.503. The number of benzene rings is 1. The smallest absolute Gasteiger partial charge is 0.409 e. The van der Waals surface area contributed by atoms with Gasteiger partial charge in [0.1, 0.15) is 10.7 Å². The molecule has 0 bridgehead atoms. The number of carbonyl (C=O) groups excluding carboxylic acids is 3. The van der Waals surface area contributed by atoms with E-state index in [0.29, 0.717) is 44.3 Å². The van der Waals surface area contributed by atoms with Crippen molar-refractivity contribution < 1.29 is 23.9 Å². The van der Waals surface area contributed by atoms with Crippen LogP contribution in [0.3, 0.4) is 0 Å². The highest BCUT2D eigenvalue weighted by Gasteiger charge is 2.26. The average Bonchev–Trinajstić information content (AvgIpc) is 3.32. The van der Waals surface area contributed by atoms with E-state index in [1.165, 1.54) is 11.3 Å². The molecule has 0 aliphatic carbocycles. The molecule has 2 aromatic rings. The molecule has 1 N–H and O–H groups in total. The van der Waals surface area contributed by atoms with Crippen molar-refractivity contribution in [3.05, 3.63) is 47.0 Å². The Labute approximate surface area is 209 Å². The molecule has 3 amide bonds. The van der Waals surface area contributed by atoms with Crippen LogP contribution in [0.4, 0.5) is 4.79 Å². The maximum absolute atomic E-state index is 12.9. The van der Waals surface area contributed by atoms with Crippen molar-refractivity contribution in [2.24, 2.45) is 0 Å². The van der Waals surface area contributed by atoms with E-state index < -0.39 is 5.91 Å². The number of nitrogens with zero attached hydrogens (tertiary/aromatic N) is 3. The predicted molar refractivity (Wildman–Crippen MR) is 135 cm³/mol. The van der Waals surface area contributed by atoms with E-state index >= 15 is 0 Å². The van der Waals surface area contributed by atoms with Crippen LogP contribution in [0.5, 0.6) is 0 Å². The molecule has 9 nitrogen and oxygen atoms in total. The molecule has 35 heavy (non-hydrogen) atoms. The van der Waals surface area contributed by atoms with Crippen LogP contribution >= 0.6 is 11.3 Å². The van der Waals surface area contributed by atoms with Gasteiger partial charge in [-0.2, -0.15) is 0 Å². The molecule has 1 fully saturated rings. The Morgan fingerprint density at radius 1 is 1.11 bits per heavy atom. The lowest BCUT2D eigenvalue weighted by atomic mass is 10.2. The minimum Gasteiger partial charge on any atom is -0.449 e. The lowest BCUT2D eigenvalue weighted by Gasteiger charge is -2.34. The summed E-state index contributed by atoms with van der Waals surface area (Å²) < 4.78 is 10.3. The fourth-order valence-electron chi connectivity index (χ4n) is 3.45. The number of unbranched alkanes of at least 4 members (excludes halogenated alkanes) is 1. The Balaban J connectivity index is 1.56. The van der Waals surface area contributed by atoms with E-state index in [0.717, 1.165) is 23.4 Å². The van der Waals surface area contributed by atoms with Gasteiger partial charge in [-0.15, -0.1) is 11.3 Å². The zero-order chi connectivity index (χ0) is 25.0. The van der Waals surface area contributed by atoms with Crippen molar-refractivity contribution in [2.75, 3.05) is 53.0 Å². The third kappa shape index (κ3) is 7.63. The van der Waals surface area contributed by atoms with E-state index in [1.54, 1.807) is 16.9 Å². The summed E-state index contributed by atoms with van der Waals surface area (Å²) in [6.45, 7) is 4.33. The molecule has 0 radical (unpaired) electrons. The van der Waals surface area contributed by atoms with E-state index in [4.69, 9.17) is 9.47 Å². The molecule has 188 valence electrons. The van der Waals surface area contributed by atoms with E-state index in [9.17, 15) is 14.4 Å². The van der Waals surface area contributed by atoms with Crippen LogP contribution in [0.25, 0.3) is 16.6 Å². The van der Waals surface area contributed by atoms with Gasteiger partial charge in [-0.1, -0.05) is 49.8 Å². The summed E-state index contributed by atoms with van der Waals surface area (Å²) in [5.74, 6) is -0.612. The van der Waals surface area contributed by atoms with Gasteiger partial charge in [0.05, 0.1) is 24.6 Å². The van der Waals surface area contributed by atoms with Crippen LogP contribution in [0, 0.1) is 0 Å². The summed E-state index contributed by atoms with van der Waals surface area (Å²) in [6.07, 6.45) is 5.08. The van der Waals surface area contributed by atoms with Crippen LogP contribution in [0.15, 0.2) is 36.4 Å². The lowest BCUT2D eigenvalue weighted by Crippen LogP contribution is -2.52. The van der Waals surface area contributed by atoms with Crippen LogP contribution in [0.1, 0.15) is 35.1 Å². The van der Waals surface area contributed by atoms with Gasteiger partial charge in [-0.05, 0) is 12.5 Å². The number of ether oxygens (including phenoxy) is 2. The maximum atomic E-state index is 12.9. The summed E-state index contributed by atoms with van der Waals surface area (Å²) >= 11 is 1.40. The molecule has 1 aromatic heterocycles. The molecule has 1 saturated heterocycles. The van der Waals surface area contributed by atoms with Gasteiger partial charge in [0.25, 0.3) is 5.91 Å². The first-order valence-corrected chi connectivity index (χ1v) is 12.5. The molecule has 0 spiro atoms. The largest absolute Gasteiger partial charge is 0.449 e. The number of methoxy groups -OCH3 is 1. The molecular formula is C25H32N4O5S. The molecule has 1 aliphatic rings. The van der Waals surface area contributed by atoms with Gasteiger partial charge in [0, 0.05) is 38.9 Å². The number of hydrogen-bond acceptors (Lipinski definition) is 7. The zero-order valence-electron chi connectivity index (χ0n) is 20.2. The predicted octanol–water partition coefficient (Wildman–Crippen LogP) is 3.28. The Bertz CT molecular complexity index is 1020. The number of carbonyl (C=O) groups is 3. The summed E-state index contributed by atoms with van der Waals surface area (Å²) in [5.41, 5.74) is 1.19. The number of piperazine rings is 1. The first-order chi connectivity index (χ1) is 17.0. The third-order valence-electron chi connectivity index (χ3n) is 5.44. The molecule has 0 saturated carbocycles. The molecule has 3 rings (SSSR count). The number of aromatic nitrogens is 1. The van der Waals surface area contributed by atoms with Crippen LogP contribution < -0.4 is 5.32 Å². The van der Waals surface area contributed by atoms with Gasteiger partial charge in [-0.3, -0.25) is 9.59 Å². The molecular weight excluding hydrogens is 468 g/mol. The number of hydrogen-bond donors (Lipinski definition) is 1. The molecule has 0 unspecified atom stereocenters. The monoisotopic (exact) mass is 500 g/mol. The zero-order valence-corrected chi connectivity index (χ0v) is 21.0. The van der Waals surface area contributed by atoms with Crippen molar-refractivity contribution in [3.63, 3.8) is 0 Å². The Hall–Kier alpha value is -3.24. The minimum absolute atomic E-state index is 0.140. The molecule has 0 atom stereocenters. The fourth-order valence-corrected chi connectivity index (χ4v) is 4.45. The topological polar surface area (TPSA) is 101 Å². The fraction of sp³-hybridized carbons (Fsp3) is 0.440. The summed E-state index contributed by atoms with van der Waals surface area (Å²) in [7, 11) is 1.60. The first kappa shape index (κ1) is 26.4. The highest BCUT2D eigenvalue weighted by Crippen LogP contribution is 2.29. The summed E-state index contributed by atoms with van der Waals surface area (Å²) in [5, 5.41) is 3.43. The number of nitrogens with one attached hydrogen (secondary N) is 1. The second-order valence-electron chi connectivity index (χ2n) is 7.97. The third-order valence-corrected chi connectivity index (χ3v) is 6.51. The lowest BCUT2D eigenvalue weighted by molar-refractivity contribution is -0.131. The number of rotatable bonds is 10. The second-order valence-corrected chi connectivity index (χ2v) is 9.00. The van der Waals surface area contributed by atoms with Gasteiger partial charge in [0.15, 0.2) is 0 Å². The van der Waals surface area contributed by atoms with Gasteiger partial charge >= 0.3 is 6.09 Å². The number of amides is 3. The maximum Gasteiger partial charge on any atom is 0.409 e. The molecule has 2 heterocycles. The Kier molecular flexibility index (Phi) is 10.2. The molecule has 1 aromatic carbocycles. The Morgan fingerprint density at radius 3 is 2.51 bits per heavy atom. The normalized spacial score (nSPS) is 13.8. The van der Waals surface area contributed by atoms with Gasteiger partial charge < -0.3 is 24.6 Å². The van der Waals surface area contributed by atoms with E-state index in [2.05, 4.69) is 10.3 Å². The minimum atomic E-state index is -0.410. The molecule has 10 heteroatoms. The molecule has 1 aliphatic heterocycles. The van der Waals surface area contributed by atoms with Crippen LogP contribution in [0.2, 0.25) is 0 Å². The van der Waals surface area contributed by atoms with Crippen molar-refractivity contribution >= 4 is 35.3 Å². The highest BCUT2D eigenvalue weighted by molar-refractivity contribution is 7.16. The summed E-state index contributed by atoms with van der Waals surface area (Å²) in [4.78, 5) is 46.2. The van der Waals surface area contributed by atoms with Crippen molar-refractivity contribution in [3.8, 4) is 10.6 Å². The van der Waals surface area contributed by atoms with Crippen molar-refractivity contribution in [1.82, 2.24) is 20.1 Å². The first-order valence-electron chi connectivity index (χ1n) is 11.7. The van der Waals surface area contributed by atoms with Gasteiger partial charge in [-0.25, -0.2) is 9.78 Å². The Morgan fingerprint density at radius 2 is 1.83 bits per heavy atom. The van der Waals surface area contributed by atoms with Gasteiger partial charge in [0.2, 0.25) is 5.91 Å². The van der Waals surface area contributed by atoms with E-state index in [-0.39, 0.29) is 24.2 Å². The van der Waals surface area contributed by atoms with Crippen LogP contribution in [-0.2, 0) is 14.3 Å². The standard InChI is InChI=1S/C25H32N4O5S/c1-3-4-17-34-25(32)29-14-12-28(13-15-29)21(30)18-26-23(31)22-20(11-8-16-33-2)35-24(27-22)19-9-6-5-7-10-19/h5-11H,3-4,12-18H2,1-2H3,(H,26,31). The second kappa shape index (κ2) is 13.6. The highest BCUT2D eigenvalue weighted by atomic mass is 32.1. The summed E-state index contributed by atoms with van der Waals surface area (Å²) in [6, 6.07) is 9.63. The van der Waals surface area contributed by atoms with Crippen molar-refractivity contribution in [2.45, 2.75) is 19.8 Å². The van der Waals surface area contributed by atoms with E-state index in [1.807, 2.05) is 49.4 Å². The SMILES string of the molecule is CCCCOC(=O)N1CCN(C(=O)CNC(=O)c2nc(-c3ccccc3)sc2C=CCOC)CC1. The average molecular weight is 501 g/mol. The van der Waals surface area contributed by atoms with Crippen molar-refractivity contribution in [1.29, 1.82) is 0 Å². The number of thiazole rings is 1.